The highest BCUT2D eigenvalue weighted by atomic mass is 32.1. The van der Waals surface area contributed by atoms with E-state index in [4.69, 9.17) is 0 Å². The minimum atomic E-state index is 0.263. The molecule has 2 unspecified atom stereocenters. The quantitative estimate of drug-likeness (QED) is 0.842. The molecule has 4 nitrogen and oxygen atoms in total. The van der Waals surface area contributed by atoms with Crippen LogP contribution in [0.5, 0.6) is 0 Å². The van der Waals surface area contributed by atoms with Gasteiger partial charge in [0.15, 0.2) is 0 Å². The van der Waals surface area contributed by atoms with E-state index in [0.717, 1.165) is 62.4 Å². The number of aromatic nitrogens is 1. The fourth-order valence-electron chi connectivity index (χ4n) is 4.89. The van der Waals surface area contributed by atoms with Gasteiger partial charge >= 0.3 is 0 Å². The average molecular weight is 348 g/mol. The lowest BCUT2D eigenvalue weighted by Crippen LogP contribution is -2.41. The van der Waals surface area contributed by atoms with E-state index in [1.807, 2.05) is 0 Å². The average Bonchev–Trinajstić information content (AvgIpc) is 3.21. The number of piperidine rings is 1. The van der Waals surface area contributed by atoms with Crippen molar-refractivity contribution in [3.8, 4) is 0 Å². The molecule has 2 aliphatic heterocycles. The summed E-state index contributed by atoms with van der Waals surface area (Å²) in [6.45, 7) is 7.16. The normalized spacial score (nSPS) is 29.0. The van der Waals surface area contributed by atoms with E-state index in [1.54, 1.807) is 11.3 Å². The lowest BCUT2D eigenvalue weighted by molar-refractivity contribution is -0.136. The molecule has 3 heterocycles. The molecule has 1 saturated carbocycles. The second kappa shape index (κ2) is 7.12. The zero-order valence-corrected chi connectivity index (χ0v) is 15.6. The Kier molecular flexibility index (Phi) is 4.90. The number of thiazole rings is 1. The summed E-state index contributed by atoms with van der Waals surface area (Å²) in [4.78, 5) is 22.1. The molecule has 3 aliphatic rings. The number of carbonyl (C=O) groups excluding carboxylic acids is 1. The van der Waals surface area contributed by atoms with Crippen molar-refractivity contribution in [3.05, 3.63) is 16.1 Å². The molecule has 1 aromatic rings. The van der Waals surface area contributed by atoms with Gasteiger partial charge in [0.1, 0.15) is 0 Å². The van der Waals surface area contributed by atoms with E-state index in [-0.39, 0.29) is 5.92 Å². The molecule has 0 radical (unpaired) electrons. The minimum Gasteiger partial charge on any atom is -0.342 e. The number of amides is 1. The fraction of sp³-hybridized carbons (Fsp3) is 0.789. The number of fused-ring (bicyclic) bond motifs is 1. The number of nitrogens with zero attached hydrogens (tertiary/aromatic N) is 3. The number of rotatable bonds is 3. The maximum atomic E-state index is 12.9. The first-order chi connectivity index (χ1) is 11.7. The Morgan fingerprint density at radius 1 is 1.17 bits per heavy atom. The van der Waals surface area contributed by atoms with E-state index in [1.165, 1.54) is 31.4 Å². The molecule has 1 aromatic heterocycles. The smallest absolute Gasteiger partial charge is 0.225 e. The Bertz CT molecular complexity index is 565. The van der Waals surface area contributed by atoms with Crippen LogP contribution in [0, 0.1) is 24.7 Å². The molecule has 5 heteroatoms. The van der Waals surface area contributed by atoms with Crippen LogP contribution in [0.1, 0.15) is 49.2 Å². The van der Waals surface area contributed by atoms with Crippen LogP contribution in [-0.2, 0) is 11.3 Å². The molecule has 4 rings (SSSR count). The van der Waals surface area contributed by atoms with E-state index in [2.05, 4.69) is 27.1 Å². The van der Waals surface area contributed by atoms with Gasteiger partial charge in [0.2, 0.25) is 5.91 Å². The topological polar surface area (TPSA) is 36.4 Å². The molecule has 1 aliphatic carbocycles. The summed E-state index contributed by atoms with van der Waals surface area (Å²) in [7, 11) is 0. The van der Waals surface area contributed by atoms with Crippen molar-refractivity contribution >= 4 is 17.2 Å². The van der Waals surface area contributed by atoms with Crippen molar-refractivity contribution in [2.45, 2.75) is 52.0 Å². The molecule has 0 aromatic carbocycles. The van der Waals surface area contributed by atoms with Crippen LogP contribution in [0.25, 0.3) is 0 Å². The summed E-state index contributed by atoms with van der Waals surface area (Å²) in [5.74, 6) is 2.32. The summed E-state index contributed by atoms with van der Waals surface area (Å²) in [5, 5.41) is 3.31. The Hall–Kier alpha value is -0.940. The summed E-state index contributed by atoms with van der Waals surface area (Å²) in [6.07, 6.45) is 7.48. The van der Waals surface area contributed by atoms with Crippen molar-refractivity contribution in [1.29, 1.82) is 0 Å². The fourth-order valence-corrected chi connectivity index (χ4v) is 5.50. The SMILES string of the molecule is Cc1nc(CN2CCC(C(=O)N3CC4CCCCC4C3)CC2)cs1. The van der Waals surface area contributed by atoms with Crippen LogP contribution in [0.3, 0.4) is 0 Å². The standard InChI is InChI=1S/C19H29N3OS/c1-14-20-18(13-24-14)12-21-8-6-15(7-9-21)19(23)22-10-16-4-2-3-5-17(16)11-22/h13,15-17H,2-12H2,1H3. The molecule has 1 amide bonds. The van der Waals surface area contributed by atoms with Gasteiger partial charge < -0.3 is 4.90 Å². The van der Waals surface area contributed by atoms with Gasteiger partial charge in [-0.05, 0) is 57.5 Å². The van der Waals surface area contributed by atoms with Gasteiger partial charge in [-0.15, -0.1) is 11.3 Å². The first-order valence-corrected chi connectivity index (χ1v) is 10.5. The Morgan fingerprint density at radius 2 is 1.83 bits per heavy atom. The van der Waals surface area contributed by atoms with Crippen LogP contribution in [0.2, 0.25) is 0 Å². The van der Waals surface area contributed by atoms with Crippen molar-refractivity contribution in [2.24, 2.45) is 17.8 Å². The monoisotopic (exact) mass is 347 g/mol. The number of aryl methyl sites for hydroxylation is 1. The van der Waals surface area contributed by atoms with Crippen LogP contribution in [-0.4, -0.2) is 46.9 Å². The largest absolute Gasteiger partial charge is 0.342 e. The van der Waals surface area contributed by atoms with Gasteiger partial charge in [0.05, 0.1) is 10.7 Å². The lowest BCUT2D eigenvalue weighted by Gasteiger charge is -2.32. The summed E-state index contributed by atoms with van der Waals surface area (Å²) >= 11 is 1.73. The second-order valence-corrected chi connectivity index (χ2v) is 9.02. The van der Waals surface area contributed by atoms with Crippen molar-refractivity contribution in [1.82, 2.24) is 14.8 Å². The first kappa shape index (κ1) is 16.5. The Morgan fingerprint density at radius 3 is 2.42 bits per heavy atom. The Labute approximate surface area is 149 Å². The molecule has 2 saturated heterocycles. The van der Waals surface area contributed by atoms with Crippen molar-refractivity contribution in [2.75, 3.05) is 26.2 Å². The van der Waals surface area contributed by atoms with E-state index >= 15 is 0 Å². The van der Waals surface area contributed by atoms with E-state index < -0.39 is 0 Å². The minimum absolute atomic E-state index is 0.263. The van der Waals surface area contributed by atoms with Crippen LogP contribution in [0.15, 0.2) is 5.38 Å². The predicted octanol–water partition coefficient (Wildman–Crippen LogP) is 3.31. The number of carbonyl (C=O) groups is 1. The molecular formula is C19H29N3OS. The molecule has 0 N–H and O–H groups in total. The summed E-state index contributed by atoms with van der Waals surface area (Å²) < 4.78 is 0. The number of likely N-dealkylation sites (tertiary alicyclic amines) is 2. The van der Waals surface area contributed by atoms with Gasteiger partial charge in [0.25, 0.3) is 0 Å². The molecule has 24 heavy (non-hydrogen) atoms. The molecule has 132 valence electrons. The Balaban J connectivity index is 1.27. The summed E-state index contributed by atoms with van der Waals surface area (Å²) in [6, 6.07) is 0. The second-order valence-electron chi connectivity index (χ2n) is 7.96. The lowest BCUT2D eigenvalue weighted by atomic mass is 9.82. The maximum Gasteiger partial charge on any atom is 0.225 e. The zero-order chi connectivity index (χ0) is 16.5. The van der Waals surface area contributed by atoms with Crippen LogP contribution >= 0.6 is 11.3 Å². The maximum absolute atomic E-state index is 12.9. The molecule has 3 fully saturated rings. The summed E-state index contributed by atoms with van der Waals surface area (Å²) in [5.41, 5.74) is 1.19. The highest BCUT2D eigenvalue weighted by molar-refractivity contribution is 7.09. The highest BCUT2D eigenvalue weighted by Gasteiger charge is 2.38. The van der Waals surface area contributed by atoms with Gasteiger partial charge in [-0.2, -0.15) is 0 Å². The third-order valence-corrected chi connectivity index (χ3v) is 7.10. The van der Waals surface area contributed by atoms with Crippen molar-refractivity contribution in [3.63, 3.8) is 0 Å². The molecular weight excluding hydrogens is 318 g/mol. The van der Waals surface area contributed by atoms with Crippen LogP contribution < -0.4 is 0 Å². The van der Waals surface area contributed by atoms with Gasteiger partial charge in [0, 0.05) is 30.9 Å². The number of hydrogen-bond donors (Lipinski definition) is 0. The van der Waals surface area contributed by atoms with Gasteiger partial charge in [-0.3, -0.25) is 9.69 Å². The van der Waals surface area contributed by atoms with E-state index in [9.17, 15) is 4.79 Å². The number of hydrogen-bond acceptors (Lipinski definition) is 4. The van der Waals surface area contributed by atoms with E-state index in [0.29, 0.717) is 5.91 Å². The van der Waals surface area contributed by atoms with Crippen LogP contribution in [0.4, 0.5) is 0 Å². The zero-order valence-electron chi connectivity index (χ0n) is 14.7. The molecule has 0 spiro atoms. The predicted molar refractivity (Wildman–Crippen MR) is 96.9 cm³/mol. The molecule has 2 atom stereocenters. The van der Waals surface area contributed by atoms with Gasteiger partial charge in [-0.1, -0.05) is 12.8 Å². The van der Waals surface area contributed by atoms with Gasteiger partial charge in [-0.25, -0.2) is 4.98 Å². The molecule has 0 bridgehead atoms. The highest BCUT2D eigenvalue weighted by Crippen LogP contribution is 2.37. The third-order valence-electron chi connectivity index (χ3n) is 6.28. The third kappa shape index (κ3) is 3.52. The first-order valence-electron chi connectivity index (χ1n) is 9.61. The van der Waals surface area contributed by atoms with Crippen molar-refractivity contribution < 1.29 is 4.79 Å².